The summed E-state index contributed by atoms with van der Waals surface area (Å²) in [6.45, 7) is 14.0. The number of hydrogen-bond donors (Lipinski definition) is 3. The average Bonchev–Trinajstić information content (AvgIpc) is 2.59. The Kier molecular flexibility index (Phi) is 12.3. The highest BCUT2D eigenvalue weighted by molar-refractivity contribution is 14.0. The van der Waals surface area contributed by atoms with Crippen LogP contribution in [-0.2, 0) is 6.54 Å². The van der Waals surface area contributed by atoms with E-state index in [-0.39, 0.29) is 35.9 Å². The molecule has 2 atom stereocenters. The van der Waals surface area contributed by atoms with Crippen LogP contribution in [0.4, 0.5) is 0 Å². The van der Waals surface area contributed by atoms with Gasteiger partial charge in [-0.25, -0.2) is 4.99 Å². The first-order valence-electron chi connectivity index (χ1n) is 9.31. The van der Waals surface area contributed by atoms with Crippen LogP contribution in [-0.4, -0.2) is 30.5 Å². The number of aliphatic imine (C=N–C) groups is 1. The fraction of sp³-hybridized carbons (Fsp3) is 0.600. The molecular formula is C20H35IN4O. The van der Waals surface area contributed by atoms with Crippen LogP contribution in [0.15, 0.2) is 29.3 Å². The first kappa shape index (κ1) is 24.7. The Balaban J connectivity index is 0.00000625. The number of guanidine groups is 1. The second kappa shape index (κ2) is 12.9. The van der Waals surface area contributed by atoms with E-state index in [1.807, 2.05) is 31.2 Å². The molecule has 2 unspecified atom stereocenters. The lowest BCUT2D eigenvalue weighted by Gasteiger charge is -2.20. The topological polar surface area (TPSA) is 65.5 Å². The summed E-state index contributed by atoms with van der Waals surface area (Å²) in [6.07, 6.45) is 0.924. The van der Waals surface area contributed by atoms with Crippen LogP contribution in [0, 0.1) is 5.92 Å². The molecule has 1 aromatic carbocycles. The van der Waals surface area contributed by atoms with Gasteiger partial charge in [-0.2, -0.15) is 0 Å². The van der Waals surface area contributed by atoms with Gasteiger partial charge < -0.3 is 16.0 Å². The van der Waals surface area contributed by atoms with Gasteiger partial charge in [-0.1, -0.05) is 32.9 Å². The molecule has 0 aromatic heterocycles. The first-order valence-corrected chi connectivity index (χ1v) is 9.31. The minimum absolute atomic E-state index is 0. The van der Waals surface area contributed by atoms with Gasteiger partial charge in [0.05, 0.1) is 6.54 Å². The van der Waals surface area contributed by atoms with Crippen LogP contribution >= 0.6 is 24.0 Å². The molecular weight excluding hydrogens is 439 g/mol. The van der Waals surface area contributed by atoms with Crippen LogP contribution in [0.3, 0.4) is 0 Å². The lowest BCUT2D eigenvalue weighted by atomic mass is 10.1. The van der Waals surface area contributed by atoms with Gasteiger partial charge in [0, 0.05) is 24.2 Å². The molecule has 0 fully saturated rings. The van der Waals surface area contributed by atoms with Gasteiger partial charge in [0.1, 0.15) is 0 Å². The molecule has 0 bridgehead atoms. The predicted octanol–water partition coefficient (Wildman–Crippen LogP) is 3.93. The van der Waals surface area contributed by atoms with E-state index in [2.05, 4.69) is 55.6 Å². The highest BCUT2D eigenvalue weighted by Gasteiger charge is 2.10. The Morgan fingerprint density at radius 2 is 1.65 bits per heavy atom. The first-order chi connectivity index (χ1) is 11.9. The Labute approximate surface area is 175 Å². The van der Waals surface area contributed by atoms with Gasteiger partial charge in [0.15, 0.2) is 5.96 Å². The molecule has 148 valence electrons. The predicted molar refractivity (Wildman–Crippen MR) is 121 cm³/mol. The maximum Gasteiger partial charge on any atom is 0.251 e. The molecule has 1 rings (SSSR count). The molecule has 26 heavy (non-hydrogen) atoms. The van der Waals surface area contributed by atoms with Gasteiger partial charge in [0.2, 0.25) is 0 Å². The number of hydrogen-bond acceptors (Lipinski definition) is 2. The molecule has 0 saturated heterocycles. The Morgan fingerprint density at radius 1 is 1.04 bits per heavy atom. The molecule has 0 spiro atoms. The number of carbonyl (C=O) groups is 1. The summed E-state index contributed by atoms with van der Waals surface area (Å²) in [7, 11) is 0. The molecule has 0 aliphatic heterocycles. The van der Waals surface area contributed by atoms with Gasteiger partial charge in [0.25, 0.3) is 5.91 Å². The van der Waals surface area contributed by atoms with Crippen LogP contribution in [0.5, 0.6) is 0 Å². The fourth-order valence-electron chi connectivity index (χ4n) is 2.04. The highest BCUT2D eigenvalue weighted by Crippen LogP contribution is 2.07. The zero-order valence-corrected chi connectivity index (χ0v) is 19.3. The van der Waals surface area contributed by atoms with E-state index in [1.54, 1.807) is 0 Å². The molecule has 0 aliphatic carbocycles. The van der Waals surface area contributed by atoms with Crippen LogP contribution in [0.1, 0.15) is 63.9 Å². The zero-order valence-electron chi connectivity index (χ0n) is 16.9. The van der Waals surface area contributed by atoms with Gasteiger partial charge in [-0.05, 0) is 50.8 Å². The van der Waals surface area contributed by atoms with E-state index < -0.39 is 0 Å². The summed E-state index contributed by atoms with van der Waals surface area (Å²) >= 11 is 0. The Hall–Kier alpha value is -1.31. The number of rotatable bonds is 8. The fourth-order valence-corrected chi connectivity index (χ4v) is 2.04. The third kappa shape index (κ3) is 8.87. The van der Waals surface area contributed by atoms with Crippen molar-refractivity contribution in [2.45, 2.75) is 66.6 Å². The standard InChI is InChI=1S/C20H34N4O.HI/c1-7-15(5)23-19(25)18-11-9-17(10-12-18)13-22-20(21-8-2)24-16(6)14(3)4;/h9-12,14-16H,7-8,13H2,1-6H3,(H,23,25)(H2,21,22,24);1H. The third-order valence-corrected chi connectivity index (χ3v) is 4.33. The van der Waals surface area contributed by atoms with Crippen LogP contribution in [0.2, 0.25) is 0 Å². The van der Waals surface area contributed by atoms with Crippen molar-refractivity contribution in [2.75, 3.05) is 6.54 Å². The monoisotopic (exact) mass is 474 g/mol. The van der Waals surface area contributed by atoms with Crippen LogP contribution in [0.25, 0.3) is 0 Å². The maximum atomic E-state index is 12.1. The normalized spacial score (nSPS) is 13.6. The van der Waals surface area contributed by atoms with Crippen molar-refractivity contribution in [3.63, 3.8) is 0 Å². The molecule has 0 saturated carbocycles. The van der Waals surface area contributed by atoms with Crippen molar-refractivity contribution >= 4 is 35.8 Å². The molecule has 6 heteroatoms. The number of carbonyl (C=O) groups excluding carboxylic acids is 1. The second-order valence-electron chi connectivity index (χ2n) is 6.85. The summed E-state index contributed by atoms with van der Waals surface area (Å²) in [5, 5.41) is 9.67. The van der Waals surface area contributed by atoms with Gasteiger partial charge in [-0.15, -0.1) is 24.0 Å². The largest absolute Gasteiger partial charge is 0.357 e. The zero-order chi connectivity index (χ0) is 18.8. The SMILES string of the molecule is CCNC(=NCc1ccc(C(=O)NC(C)CC)cc1)NC(C)C(C)C.I. The summed E-state index contributed by atoms with van der Waals surface area (Å²) in [5.41, 5.74) is 1.76. The number of nitrogens with zero attached hydrogens (tertiary/aromatic N) is 1. The minimum Gasteiger partial charge on any atom is -0.357 e. The number of halogens is 1. The third-order valence-electron chi connectivity index (χ3n) is 4.33. The maximum absolute atomic E-state index is 12.1. The number of nitrogens with one attached hydrogen (secondary N) is 3. The summed E-state index contributed by atoms with van der Waals surface area (Å²) in [6, 6.07) is 8.19. The Morgan fingerprint density at radius 3 is 2.15 bits per heavy atom. The molecule has 0 radical (unpaired) electrons. The van der Waals surface area contributed by atoms with Crippen molar-refractivity contribution in [1.82, 2.24) is 16.0 Å². The Bertz CT molecular complexity index is 557. The van der Waals surface area contributed by atoms with E-state index in [0.717, 1.165) is 24.5 Å². The molecule has 0 heterocycles. The molecule has 1 aromatic rings. The molecule has 5 nitrogen and oxygen atoms in total. The quantitative estimate of drug-likeness (QED) is 0.304. The van der Waals surface area contributed by atoms with Crippen molar-refractivity contribution in [2.24, 2.45) is 10.9 Å². The smallest absolute Gasteiger partial charge is 0.251 e. The van der Waals surface area contributed by atoms with Crippen LogP contribution < -0.4 is 16.0 Å². The molecule has 0 aliphatic rings. The van der Waals surface area contributed by atoms with Crippen molar-refractivity contribution < 1.29 is 4.79 Å². The average molecular weight is 474 g/mol. The van der Waals surface area contributed by atoms with Crippen molar-refractivity contribution in [3.8, 4) is 0 Å². The summed E-state index contributed by atoms with van der Waals surface area (Å²) < 4.78 is 0. The lowest BCUT2D eigenvalue weighted by Crippen LogP contribution is -2.44. The van der Waals surface area contributed by atoms with E-state index >= 15 is 0 Å². The molecule has 3 N–H and O–H groups in total. The summed E-state index contributed by atoms with van der Waals surface area (Å²) in [5.74, 6) is 1.33. The summed E-state index contributed by atoms with van der Waals surface area (Å²) in [4.78, 5) is 16.7. The lowest BCUT2D eigenvalue weighted by molar-refractivity contribution is 0.0939. The van der Waals surface area contributed by atoms with E-state index in [1.165, 1.54) is 0 Å². The van der Waals surface area contributed by atoms with Crippen molar-refractivity contribution in [1.29, 1.82) is 0 Å². The second-order valence-corrected chi connectivity index (χ2v) is 6.85. The molecule has 1 amide bonds. The highest BCUT2D eigenvalue weighted by atomic mass is 127. The minimum atomic E-state index is -0.0230. The van der Waals surface area contributed by atoms with E-state index in [0.29, 0.717) is 24.1 Å². The van der Waals surface area contributed by atoms with E-state index in [9.17, 15) is 4.79 Å². The van der Waals surface area contributed by atoms with Crippen molar-refractivity contribution in [3.05, 3.63) is 35.4 Å². The number of amides is 1. The van der Waals surface area contributed by atoms with E-state index in [4.69, 9.17) is 0 Å². The van der Waals surface area contributed by atoms with Gasteiger partial charge in [-0.3, -0.25) is 4.79 Å². The number of benzene rings is 1. The van der Waals surface area contributed by atoms with Gasteiger partial charge >= 0.3 is 0 Å².